The van der Waals surface area contributed by atoms with Crippen molar-refractivity contribution in [3.63, 3.8) is 0 Å². The molecule has 1 saturated heterocycles. The van der Waals surface area contributed by atoms with E-state index in [1.54, 1.807) is 6.26 Å². The average Bonchev–Trinajstić information content (AvgIpc) is 2.14. The lowest BCUT2D eigenvalue weighted by Crippen LogP contribution is -2.41. The molecule has 0 radical (unpaired) electrons. The molecule has 0 aromatic rings. The maximum atomic E-state index is 11.1. The molecule has 84 valence electrons. The quantitative estimate of drug-likeness (QED) is 0.764. The summed E-state index contributed by atoms with van der Waals surface area (Å²) in [6, 6.07) is 0.546. The van der Waals surface area contributed by atoms with Crippen molar-refractivity contribution in [2.24, 2.45) is 0 Å². The molecule has 4 heteroatoms. The van der Waals surface area contributed by atoms with Crippen molar-refractivity contribution in [1.82, 2.24) is 5.32 Å². The van der Waals surface area contributed by atoms with E-state index in [2.05, 4.69) is 12.2 Å². The molecule has 0 spiro atoms. The molecule has 1 N–H and O–H groups in total. The molecule has 3 nitrogen and oxygen atoms in total. The first-order valence-electron chi connectivity index (χ1n) is 5.26. The van der Waals surface area contributed by atoms with Gasteiger partial charge in [-0.25, -0.2) is 0 Å². The summed E-state index contributed by atoms with van der Waals surface area (Å²) in [7, 11) is -0.717. The van der Waals surface area contributed by atoms with Crippen molar-refractivity contribution in [1.29, 1.82) is 0 Å². The third-order valence-electron chi connectivity index (χ3n) is 2.75. The normalized spacial score (nSPS) is 32.5. The van der Waals surface area contributed by atoms with Crippen LogP contribution in [-0.4, -0.2) is 41.0 Å². The number of nitrogens with one attached hydrogen (secondary N) is 1. The Labute approximate surface area is 89.1 Å². The molecule has 1 aliphatic rings. The molecule has 0 amide bonds. The van der Waals surface area contributed by atoms with Crippen LogP contribution in [0.1, 0.15) is 26.7 Å². The lowest BCUT2D eigenvalue weighted by molar-refractivity contribution is 0.0135. The van der Waals surface area contributed by atoms with Crippen LogP contribution in [0.3, 0.4) is 0 Å². The Morgan fingerprint density at radius 2 is 2.36 bits per heavy atom. The molecular weight excluding hydrogens is 198 g/mol. The van der Waals surface area contributed by atoms with Gasteiger partial charge in [0, 0.05) is 41.5 Å². The first kappa shape index (κ1) is 12.1. The molecule has 1 heterocycles. The van der Waals surface area contributed by atoms with Gasteiger partial charge >= 0.3 is 0 Å². The number of ether oxygens (including phenoxy) is 1. The maximum Gasteiger partial charge on any atom is 0.0561 e. The molecule has 1 aliphatic heterocycles. The fourth-order valence-electron chi connectivity index (χ4n) is 1.63. The van der Waals surface area contributed by atoms with Crippen LogP contribution in [0, 0.1) is 0 Å². The highest BCUT2D eigenvalue weighted by Gasteiger charge is 2.19. The zero-order chi connectivity index (χ0) is 10.6. The van der Waals surface area contributed by atoms with Gasteiger partial charge in [-0.2, -0.15) is 0 Å². The van der Waals surface area contributed by atoms with Gasteiger partial charge in [0.05, 0.1) is 6.10 Å². The van der Waals surface area contributed by atoms with Crippen molar-refractivity contribution in [3.8, 4) is 0 Å². The molecule has 1 rings (SSSR count). The van der Waals surface area contributed by atoms with E-state index in [-0.39, 0.29) is 5.25 Å². The minimum atomic E-state index is -0.717. The van der Waals surface area contributed by atoms with Crippen LogP contribution in [0.15, 0.2) is 0 Å². The van der Waals surface area contributed by atoms with Gasteiger partial charge in [0.25, 0.3) is 0 Å². The Kier molecular flexibility index (Phi) is 5.06. The predicted molar refractivity (Wildman–Crippen MR) is 60.0 cm³/mol. The van der Waals surface area contributed by atoms with Crippen molar-refractivity contribution in [2.45, 2.75) is 44.1 Å². The molecule has 0 bridgehead atoms. The summed E-state index contributed by atoms with van der Waals surface area (Å²) < 4.78 is 16.6. The molecular formula is C10H21NO2S. The van der Waals surface area contributed by atoms with Crippen LogP contribution in [0.25, 0.3) is 0 Å². The minimum absolute atomic E-state index is 0.244. The van der Waals surface area contributed by atoms with Gasteiger partial charge in [-0.15, -0.1) is 0 Å². The van der Waals surface area contributed by atoms with Crippen LogP contribution in [0.4, 0.5) is 0 Å². The molecule has 0 aromatic heterocycles. The van der Waals surface area contributed by atoms with Gasteiger partial charge < -0.3 is 10.1 Å². The lowest BCUT2D eigenvalue weighted by Gasteiger charge is -2.28. The summed E-state index contributed by atoms with van der Waals surface area (Å²) in [4.78, 5) is 0. The largest absolute Gasteiger partial charge is 0.378 e. The first-order chi connectivity index (χ1) is 6.59. The van der Waals surface area contributed by atoms with E-state index in [0.29, 0.717) is 12.1 Å². The third-order valence-corrected chi connectivity index (χ3v) is 4.05. The number of hydrogen-bond acceptors (Lipinski definition) is 3. The van der Waals surface area contributed by atoms with Gasteiger partial charge in [0.2, 0.25) is 0 Å². The second kappa shape index (κ2) is 5.83. The zero-order valence-corrected chi connectivity index (χ0v) is 10.1. The SMILES string of the molecule is CC1CC(NCC(C)S(C)=O)CCO1. The zero-order valence-electron chi connectivity index (χ0n) is 9.29. The van der Waals surface area contributed by atoms with E-state index in [0.717, 1.165) is 26.0 Å². The van der Waals surface area contributed by atoms with E-state index >= 15 is 0 Å². The highest BCUT2D eigenvalue weighted by Crippen LogP contribution is 2.13. The average molecular weight is 219 g/mol. The maximum absolute atomic E-state index is 11.1. The van der Waals surface area contributed by atoms with Gasteiger partial charge in [0.1, 0.15) is 0 Å². The van der Waals surface area contributed by atoms with Crippen molar-refractivity contribution in [2.75, 3.05) is 19.4 Å². The fraction of sp³-hybridized carbons (Fsp3) is 1.00. The van der Waals surface area contributed by atoms with Crippen LogP contribution >= 0.6 is 0 Å². The van der Waals surface area contributed by atoms with Crippen molar-refractivity contribution < 1.29 is 8.95 Å². The first-order valence-corrected chi connectivity index (χ1v) is 6.89. The second-order valence-corrected chi connectivity index (χ2v) is 5.92. The van der Waals surface area contributed by atoms with E-state index in [1.807, 2.05) is 6.92 Å². The second-order valence-electron chi connectivity index (χ2n) is 4.12. The fourth-order valence-corrected chi connectivity index (χ4v) is 1.96. The van der Waals surface area contributed by atoms with E-state index in [1.165, 1.54) is 0 Å². The van der Waals surface area contributed by atoms with Gasteiger partial charge in [-0.05, 0) is 26.7 Å². The van der Waals surface area contributed by atoms with Gasteiger partial charge in [-0.3, -0.25) is 4.21 Å². The van der Waals surface area contributed by atoms with Gasteiger partial charge in [0.15, 0.2) is 0 Å². The minimum Gasteiger partial charge on any atom is -0.378 e. The Hall–Kier alpha value is 0.0700. The predicted octanol–water partition coefficient (Wildman–Crippen LogP) is 0.910. The molecule has 0 saturated carbocycles. The van der Waals surface area contributed by atoms with E-state index < -0.39 is 10.8 Å². The highest BCUT2D eigenvalue weighted by atomic mass is 32.2. The molecule has 4 unspecified atom stereocenters. The molecule has 0 aliphatic carbocycles. The van der Waals surface area contributed by atoms with Crippen molar-refractivity contribution in [3.05, 3.63) is 0 Å². The Morgan fingerprint density at radius 1 is 1.64 bits per heavy atom. The summed E-state index contributed by atoms with van der Waals surface area (Å²) in [6.45, 7) is 5.82. The highest BCUT2D eigenvalue weighted by molar-refractivity contribution is 7.84. The standard InChI is InChI=1S/C10H21NO2S/c1-8-6-10(4-5-13-8)11-7-9(2)14(3)12/h8-11H,4-7H2,1-3H3. The summed E-state index contributed by atoms with van der Waals surface area (Å²) >= 11 is 0. The van der Waals surface area contributed by atoms with Crippen LogP contribution < -0.4 is 5.32 Å². The molecule has 4 atom stereocenters. The summed E-state index contributed by atoms with van der Waals surface area (Å²) in [5.74, 6) is 0. The Bertz CT molecular complexity index is 199. The lowest BCUT2D eigenvalue weighted by atomic mass is 10.0. The number of hydrogen-bond donors (Lipinski definition) is 1. The molecule has 1 fully saturated rings. The van der Waals surface area contributed by atoms with E-state index in [9.17, 15) is 4.21 Å². The third kappa shape index (κ3) is 4.07. The monoisotopic (exact) mass is 219 g/mol. The summed E-state index contributed by atoms with van der Waals surface area (Å²) in [5, 5.41) is 3.70. The van der Waals surface area contributed by atoms with Crippen LogP contribution in [0.5, 0.6) is 0 Å². The Morgan fingerprint density at radius 3 is 2.93 bits per heavy atom. The van der Waals surface area contributed by atoms with E-state index in [4.69, 9.17) is 4.74 Å². The van der Waals surface area contributed by atoms with Crippen molar-refractivity contribution >= 4 is 10.8 Å². The number of rotatable bonds is 4. The summed E-state index contributed by atoms with van der Waals surface area (Å²) in [5.41, 5.74) is 0. The van der Waals surface area contributed by atoms with Gasteiger partial charge in [-0.1, -0.05) is 0 Å². The molecule has 14 heavy (non-hydrogen) atoms. The topological polar surface area (TPSA) is 38.3 Å². The Balaban J connectivity index is 2.20. The van der Waals surface area contributed by atoms with Crippen LogP contribution in [-0.2, 0) is 15.5 Å². The van der Waals surface area contributed by atoms with Crippen LogP contribution in [0.2, 0.25) is 0 Å². The molecule has 0 aromatic carbocycles. The smallest absolute Gasteiger partial charge is 0.0561 e. The summed E-state index contributed by atoms with van der Waals surface area (Å²) in [6.07, 6.45) is 4.28.